The van der Waals surface area contributed by atoms with E-state index in [0.717, 1.165) is 30.3 Å². The lowest BCUT2D eigenvalue weighted by molar-refractivity contribution is 0.0413. The molecule has 1 aromatic carbocycles. The zero-order chi connectivity index (χ0) is 18.0. The van der Waals surface area contributed by atoms with Crippen LogP contribution in [0.1, 0.15) is 45.4 Å². The normalized spacial score (nSPS) is 10.8. The van der Waals surface area contributed by atoms with Crippen molar-refractivity contribution in [3.63, 3.8) is 0 Å². The smallest absolute Gasteiger partial charge is 0.119 e. The van der Waals surface area contributed by atoms with E-state index in [1.165, 1.54) is 32.1 Å². The fourth-order valence-electron chi connectivity index (χ4n) is 2.31. The van der Waals surface area contributed by atoms with E-state index in [2.05, 4.69) is 19.6 Å². The van der Waals surface area contributed by atoms with E-state index in [-0.39, 0.29) is 0 Å². The molecule has 0 fully saturated rings. The molecule has 144 valence electrons. The Bertz CT molecular complexity index is 397. The summed E-state index contributed by atoms with van der Waals surface area (Å²) in [5.74, 6) is 2.47. The molecule has 0 heterocycles. The van der Waals surface area contributed by atoms with Gasteiger partial charge in [-0.1, -0.05) is 39.0 Å². The number of hydrogen-bond donors (Lipinski definition) is 1. The van der Waals surface area contributed by atoms with Crippen LogP contribution in [0.5, 0.6) is 11.5 Å². The van der Waals surface area contributed by atoms with Crippen molar-refractivity contribution in [2.24, 2.45) is 0 Å². The fraction of sp³-hybridized carbons (Fsp3) is 0.700. The zero-order valence-electron chi connectivity index (χ0n) is 15.6. The molecule has 0 aliphatic carbocycles. The molecule has 0 spiro atoms. The van der Waals surface area contributed by atoms with Crippen molar-refractivity contribution in [1.29, 1.82) is 0 Å². The van der Waals surface area contributed by atoms with Crippen LogP contribution in [0.3, 0.4) is 0 Å². The van der Waals surface area contributed by atoms with Crippen molar-refractivity contribution in [3.8, 4) is 11.5 Å². The van der Waals surface area contributed by atoms with Gasteiger partial charge in [-0.05, 0) is 30.7 Å². The van der Waals surface area contributed by atoms with Crippen molar-refractivity contribution in [1.82, 2.24) is 0 Å². The van der Waals surface area contributed by atoms with E-state index in [9.17, 15) is 0 Å². The molecule has 1 rings (SSSR count). The summed E-state index contributed by atoms with van der Waals surface area (Å²) in [7, 11) is 0. The molecular weight excluding hydrogens is 336 g/mol. The summed E-state index contributed by atoms with van der Waals surface area (Å²) in [6.07, 6.45) is 7.67. The van der Waals surface area contributed by atoms with Gasteiger partial charge < -0.3 is 18.9 Å². The van der Waals surface area contributed by atoms with Gasteiger partial charge in [0.1, 0.15) is 18.1 Å². The van der Waals surface area contributed by atoms with Crippen molar-refractivity contribution in [3.05, 3.63) is 24.3 Å². The minimum Gasteiger partial charge on any atom is -0.494 e. The van der Waals surface area contributed by atoms with Gasteiger partial charge in [0.25, 0.3) is 0 Å². The van der Waals surface area contributed by atoms with Gasteiger partial charge in [-0.2, -0.15) is 12.6 Å². The average molecular weight is 371 g/mol. The molecule has 0 unspecified atom stereocenters. The van der Waals surface area contributed by atoms with Gasteiger partial charge in [0.2, 0.25) is 0 Å². The van der Waals surface area contributed by atoms with Gasteiger partial charge in [0.15, 0.2) is 0 Å². The quantitative estimate of drug-likeness (QED) is 0.317. The van der Waals surface area contributed by atoms with Crippen molar-refractivity contribution >= 4 is 12.6 Å². The molecule has 25 heavy (non-hydrogen) atoms. The lowest BCUT2D eigenvalue weighted by atomic mass is 10.1. The molecule has 0 saturated carbocycles. The summed E-state index contributed by atoms with van der Waals surface area (Å²) in [6.45, 7) is 5.97. The summed E-state index contributed by atoms with van der Waals surface area (Å²) in [4.78, 5) is 0. The first kappa shape index (κ1) is 22.1. The van der Waals surface area contributed by atoms with Gasteiger partial charge in [-0.25, -0.2) is 0 Å². The van der Waals surface area contributed by atoms with E-state index in [1.54, 1.807) is 0 Å². The summed E-state index contributed by atoms with van der Waals surface area (Å²) in [5.41, 5.74) is 0. The van der Waals surface area contributed by atoms with Crippen LogP contribution in [0.4, 0.5) is 0 Å². The highest BCUT2D eigenvalue weighted by Gasteiger charge is 1.98. The van der Waals surface area contributed by atoms with E-state index >= 15 is 0 Å². The van der Waals surface area contributed by atoms with Gasteiger partial charge in [-0.3, -0.25) is 0 Å². The third-order valence-electron chi connectivity index (χ3n) is 3.69. The lowest BCUT2D eigenvalue weighted by Gasteiger charge is -2.09. The first-order valence-corrected chi connectivity index (χ1v) is 10.1. The number of unbranched alkanes of at least 4 members (excludes halogenated alkanes) is 5. The van der Waals surface area contributed by atoms with Crippen LogP contribution in [0, 0.1) is 0 Å². The first-order chi connectivity index (χ1) is 12.4. The minimum absolute atomic E-state index is 0.532. The first-order valence-electron chi connectivity index (χ1n) is 9.49. The molecule has 0 aliphatic heterocycles. The molecule has 0 amide bonds. The molecule has 0 atom stereocenters. The molecule has 0 radical (unpaired) electrons. The summed E-state index contributed by atoms with van der Waals surface area (Å²) < 4.78 is 22.1. The number of hydrogen-bond acceptors (Lipinski definition) is 5. The average Bonchev–Trinajstić information content (AvgIpc) is 2.64. The maximum absolute atomic E-state index is 5.76. The van der Waals surface area contributed by atoms with Crippen LogP contribution in [0.15, 0.2) is 24.3 Å². The Morgan fingerprint density at radius 1 is 0.640 bits per heavy atom. The second kappa shape index (κ2) is 16.6. The van der Waals surface area contributed by atoms with Gasteiger partial charge in [0, 0.05) is 5.75 Å². The van der Waals surface area contributed by atoms with Crippen LogP contribution in [0.2, 0.25) is 0 Å². The van der Waals surface area contributed by atoms with Gasteiger partial charge in [-0.15, -0.1) is 0 Å². The number of ether oxygens (including phenoxy) is 4. The number of thiol groups is 1. The molecule has 0 saturated heterocycles. The molecule has 4 nitrogen and oxygen atoms in total. The third-order valence-corrected chi connectivity index (χ3v) is 3.88. The highest BCUT2D eigenvalue weighted by atomic mass is 32.1. The van der Waals surface area contributed by atoms with Crippen LogP contribution >= 0.6 is 12.6 Å². The highest BCUT2D eigenvalue weighted by molar-refractivity contribution is 7.80. The van der Waals surface area contributed by atoms with Crippen molar-refractivity contribution in [2.45, 2.75) is 45.4 Å². The monoisotopic (exact) mass is 370 g/mol. The summed E-state index contributed by atoms with van der Waals surface area (Å²) in [5, 5.41) is 0. The fourth-order valence-corrected chi connectivity index (χ4v) is 2.44. The predicted octanol–water partition coefficient (Wildman–Crippen LogP) is 4.77. The Balaban J connectivity index is 2.00. The molecule has 0 N–H and O–H groups in total. The molecular formula is C20H34O4S. The standard InChI is InChI=1S/C20H34O4S/c1-2-3-4-5-6-7-12-23-19-8-10-20(11-9-19)24-16-15-21-13-14-22-17-18-25/h8-11,25H,2-7,12-18H2,1H3. The van der Waals surface area contributed by atoms with Crippen LogP contribution in [-0.4, -0.2) is 45.4 Å². The van der Waals surface area contributed by atoms with Crippen LogP contribution in [0.25, 0.3) is 0 Å². The number of rotatable bonds is 17. The number of benzene rings is 1. The SMILES string of the molecule is CCCCCCCCOc1ccc(OCCOCCOCCS)cc1. The molecule has 5 heteroatoms. The van der Waals surface area contributed by atoms with Crippen LogP contribution < -0.4 is 9.47 Å². The largest absolute Gasteiger partial charge is 0.494 e. The van der Waals surface area contributed by atoms with E-state index in [1.807, 2.05) is 24.3 Å². The Hall–Kier alpha value is -0.910. The van der Waals surface area contributed by atoms with Gasteiger partial charge in [0.05, 0.1) is 33.0 Å². The Morgan fingerprint density at radius 3 is 1.80 bits per heavy atom. The third kappa shape index (κ3) is 13.0. The van der Waals surface area contributed by atoms with Crippen molar-refractivity contribution < 1.29 is 18.9 Å². The molecule has 0 aromatic heterocycles. The van der Waals surface area contributed by atoms with E-state index in [0.29, 0.717) is 33.0 Å². The molecule has 0 bridgehead atoms. The maximum atomic E-state index is 5.76. The van der Waals surface area contributed by atoms with E-state index < -0.39 is 0 Å². The predicted molar refractivity (Wildman–Crippen MR) is 106 cm³/mol. The molecule has 0 aliphatic rings. The summed E-state index contributed by atoms with van der Waals surface area (Å²) in [6, 6.07) is 7.79. The second-order valence-electron chi connectivity index (χ2n) is 5.88. The van der Waals surface area contributed by atoms with Crippen LogP contribution in [-0.2, 0) is 9.47 Å². The second-order valence-corrected chi connectivity index (χ2v) is 6.33. The maximum Gasteiger partial charge on any atom is 0.119 e. The topological polar surface area (TPSA) is 36.9 Å². The van der Waals surface area contributed by atoms with Crippen molar-refractivity contribution in [2.75, 3.05) is 45.4 Å². The Morgan fingerprint density at radius 2 is 1.16 bits per heavy atom. The summed E-state index contributed by atoms with van der Waals surface area (Å²) >= 11 is 4.07. The van der Waals surface area contributed by atoms with Gasteiger partial charge >= 0.3 is 0 Å². The Labute approximate surface area is 158 Å². The molecule has 1 aromatic rings. The Kier molecular flexibility index (Phi) is 14.7. The lowest BCUT2D eigenvalue weighted by Crippen LogP contribution is -2.11. The zero-order valence-corrected chi connectivity index (χ0v) is 16.5. The minimum atomic E-state index is 0.532. The highest BCUT2D eigenvalue weighted by Crippen LogP contribution is 2.18. The van der Waals surface area contributed by atoms with E-state index in [4.69, 9.17) is 18.9 Å².